The smallest absolute Gasteiger partial charge is 0.338 e. The Morgan fingerprint density at radius 1 is 1.42 bits per heavy atom. The highest BCUT2D eigenvalue weighted by molar-refractivity contribution is 5.95. The second kappa shape index (κ2) is 5.69. The quantitative estimate of drug-likeness (QED) is 0.630. The normalized spacial score (nSPS) is 15.4. The summed E-state index contributed by atoms with van der Waals surface area (Å²) in [6.45, 7) is 0.720. The lowest BCUT2D eigenvalue weighted by Gasteiger charge is -2.13. The molecule has 19 heavy (non-hydrogen) atoms. The molecule has 1 aromatic rings. The molecule has 1 fully saturated rings. The summed E-state index contributed by atoms with van der Waals surface area (Å²) in [6, 6.07) is 3.89. The minimum Gasteiger partial charge on any atom is -0.478 e. The van der Waals surface area contributed by atoms with Crippen molar-refractivity contribution in [1.29, 1.82) is 0 Å². The maximum atomic E-state index is 11.1. The lowest BCUT2D eigenvalue weighted by Crippen LogP contribution is -2.13. The molecule has 0 aliphatic heterocycles. The summed E-state index contributed by atoms with van der Waals surface area (Å²) in [5.74, 6) is -0.588. The molecule has 0 bridgehead atoms. The molecule has 6 nitrogen and oxygen atoms in total. The molecule has 0 amide bonds. The van der Waals surface area contributed by atoms with Crippen molar-refractivity contribution in [3.05, 3.63) is 33.9 Å². The molecule has 0 atom stereocenters. The van der Waals surface area contributed by atoms with Gasteiger partial charge in [0, 0.05) is 24.4 Å². The average molecular weight is 264 g/mol. The largest absolute Gasteiger partial charge is 0.478 e. The Hall–Kier alpha value is -2.11. The fraction of sp³-hybridized carbons (Fsp3) is 0.462. The lowest BCUT2D eigenvalue weighted by atomic mass is 10.1. The molecule has 0 saturated heterocycles. The number of carbonyl (C=O) groups is 1. The Bertz CT molecular complexity index is 495. The fourth-order valence-corrected chi connectivity index (χ4v) is 2.45. The van der Waals surface area contributed by atoms with E-state index in [-0.39, 0.29) is 11.3 Å². The van der Waals surface area contributed by atoms with Crippen molar-refractivity contribution in [3.63, 3.8) is 0 Å². The third-order valence-corrected chi connectivity index (χ3v) is 3.50. The van der Waals surface area contributed by atoms with Crippen molar-refractivity contribution >= 4 is 17.3 Å². The Morgan fingerprint density at radius 3 is 2.68 bits per heavy atom. The van der Waals surface area contributed by atoms with Crippen LogP contribution in [0.5, 0.6) is 0 Å². The second-order valence-electron chi connectivity index (χ2n) is 4.82. The highest BCUT2D eigenvalue weighted by Crippen LogP contribution is 2.27. The molecular weight excluding hydrogens is 248 g/mol. The van der Waals surface area contributed by atoms with Crippen LogP contribution in [0.4, 0.5) is 11.4 Å². The summed E-state index contributed by atoms with van der Waals surface area (Å²) < 4.78 is 0. The maximum absolute atomic E-state index is 11.1. The van der Waals surface area contributed by atoms with Crippen LogP contribution in [0.2, 0.25) is 0 Å². The van der Waals surface area contributed by atoms with E-state index in [0.29, 0.717) is 11.6 Å². The summed E-state index contributed by atoms with van der Waals surface area (Å²) in [5.41, 5.74) is 0.195. The summed E-state index contributed by atoms with van der Waals surface area (Å²) in [7, 11) is 0. The van der Waals surface area contributed by atoms with Crippen LogP contribution in [-0.2, 0) is 0 Å². The third-order valence-electron chi connectivity index (χ3n) is 3.50. The summed E-state index contributed by atoms with van der Waals surface area (Å²) in [5, 5.41) is 22.8. The number of anilines is 1. The lowest BCUT2D eigenvalue weighted by molar-refractivity contribution is -0.384. The van der Waals surface area contributed by atoms with Crippen LogP contribution in [0.15, 0.2) is 18.2 Å². The summed E-state index contributed by atoms with van der Waals surface area (Å²) >= 11 is 0. The fourth-order valence-electron chi connectivity index (χ4n) is 2.45. The molecule has 1 aliphatic carbocycles. The van der Waals surface area contributed by atoms with Gasteiger partial charge >= 0.3 is 5.97 Å². The standard InChI is InChI=1S/C13H16N2O4/c16-13(17)11-7-10(15(18)19)5-6-12(11)14-8-9-3-1-2-4-9/h5-7,9,14H,1-4,8H2,(H,16,17). The summed E-state index contributed by atoms with van der Waals surface area (Å²) in [4.78, 5) is 21.2. The van der Waals surface area contributed by atoms with Gasteiger partial charge in [0.2, 0.25) is 0 Å². The molecule has 0 aromatic heterocycles. The van der Waals surface area contributed by atoms with Gasteiger partial charge in [-0.3, -0.25) is 10.1 Å². The Morgan fingerprint density at radius 2 is 2.11 bits per heavy atom. The van der Waals surface area contributed by atoms with Gasteiger partial charge in [-0.2, -0.15) is 0 Å². The minimum absolute atomic E-state index is 0.0489. The van der Waals surface area contributed by atoms with Crippen LogP contribution < -0.4 is 5.32 Å². The number of nitrogens with zero attached hydrogens (tertiary/aromatic N) is 1. The number of nitro groups is 1. The highest BCUT2D eigenvalue weighted by atomic mass is 16.6. The number of hydrogen-bond acceptors (Lipinski definition) is 4. The van der Waals surface area contributed by atoms with Crippen LogP contribution in [0, 0.1) is 16.0 Å². The third kappa shape index (κ3) is 3.21. The molecule has 1 saturated carbocycles. The van der Waals surface area contributed by atoms with Gasteiger partial charge in [-0.1, -0.05) is 12.8 Å². The van der Waals surface area contributed by atoms with E-state index in [2.05, 4.69) is 5.32 Å². The van der Waals surface area contributed by atoms with E-state index in [9.17, 15) is 14.9 Å². The first-order valence-electron chi connectivity index (χ1n) is 6.33. The zero-order valence-corrected chi connectivity index (χ0v) is 10.5. The van der Waals surface area contributed by atoms with E-state index in [1.807, 2.05) is 0 Å². The zero-order chi connectivity index (χ0) is 13.8. The molecule has 0 radical (unpaired) electrons. The molecule has 0 unspecified atom stereocenters. The minimum atomic E-state index is -1.15. The van der Waals surface area contributed by atoms with Crippen molar-refractivity contribution in [2.45, 2.75) is 25.7 Å². The van der Waals surface area contributed by atoms with E-state index in [0.717, 1.165) is 25.5 Å². The Kier molecular flexibility index (Phi) is 3.99. The number of carboxylic acids is 1. The number of rotatable bonds is 5. The number of carboxylic acid groups (broad SMARTS) is 1. The van der Waals surface area contributed by atoms with Gasteiger partial charge in [-0.25, -0.2) is 4.79 Å². The topological polar surface area (TPSA) is 92.5 Å². The molecule has 2 N–H and O–H groups in total. The number of benzene rings is 1. The van der Waals surface area contributed by atoms with Crippen molar-refractivity contribution < 1.29 is 14.8 Å². The van der Waals surface area contributed by atoms with Gasteiger partial charge in [0.15, 0.2) is 0 Å². The van der Waals surface area contributed by atoms with Gasteiger partial charge in [0.05, 0.1) is 10.5 Å². The predicted octanol–water partition coefficient (Wildman–Crippen LogP) is 2.90. The van der Waals surface area contributed by atoms with Gasteiger partial charge in [0.25, 0.3) is 5.69 Å². The van der Waals surface area contributed by atoms with E-state index in [1.54, 1.807) is 0 Å². The number of nitro benzene ring substituents is 1. The SMILES string of the molecule is O=C(O)c1cc([N+](=O)[O-])ccc1NCC1CCCC1. The van der Waals surface area contributed by atoms with Crippen molar-refractivity contribution in [2.24, 2.45) is 5.92 Å². The van der Waals surface area contributed by atoms with Gasteiger partial charge < -0.3 is 10.4 Å². The van der Waals surface area contributed by atoms with E-state index >= 15 is 0 Å². The number of aromatic carboxylic acids is 1. The molecule has 2 rings (SSSR count). The van der Waals surface area contributed by atoms with Crippen LogP contribution in [0.1, 0.15) is 36.0 Å². The molecule has 6 heteroatoms. The number of non-ortho nitro benzene ring substituents is 1. The summed E-state index contributed by atoms with van der Waals surface area (Å²) in [6.07, 6.45) is 4.75. The molecule has 1 aromatic carbocycles. The van der Waals surface area contributed by atoms with Crippen LogP contribution in [0.3, 0.4) is 0 Å². The van der Waals surface area contributed by atoms with Crippen molar-refractivity contribution in [1.82, 2.24) is 0 Å². The average Bonchev–Trinajstić information content (AvgIpc) is 2.89. The van der Waals surface area contributed by atoms with Gasteiger partial charge in [-0.05, 0) is 24.8 Å². The Balaban J connectivity index is 2.14. The molecular formula is C13H16N2O4. The first-order valence-corrected chi connectivity index (χ1v) is 6.33. The predicted molar refractivity (Wildman–Crippen MR) is 70.5 cm³/mol. The van der Waals surface area contributed by atoms with E-state index < -0.39 is 10.9 Å². The first-order chi connectivity index (χ1) is 9.08. The molecule has 102 valence electrons. The highest BCUT2D eigenvalue weighted by Gasteiger charge is 2.18. The van der Waals surface area contributed by atoms with Gasteiger partial charge in [0.1, 0.15) is 0 Å². The van der Waals surface area contributed by atoms with Crippen LogP contribution in [0.25, 0.3) is 0 Å². The van der Waals surface area contributed by atoms with Crippen molar-refractivity contribution in [2.75, 3.05) is 11.9 Å². The van der Waals surface area contributed by atoms with Crippen LogP contribution in [-0.4, -0.2) is 22.5 Å². The maximum Gasteiger partial charge on any atom is 0.338 e. The molecule has 0 spiro atoms. The Labute approximate surface area is 110 Å². The van der Waals surface area contributed by atoms with Gasteiger partial charge in [-0.15, -0.1) is 0 Å². The zero-order valence-electron chi connectivity index (χ0n) is 10.5. The monoisotopic (exact) mass is 264 g/mol. The number of hydrogen-bond donors (Lipinski definition) is 2. The number of nitrogens with one attached hydrogen (secondary N) is 1. The first kappa shape index (κ1) is 13.3. The molecule has 0 heterocycles. The second-order valence-corrected chi connectivity index (χ2v) is 4.82. The molecule has 1 aliphatic rings. The van der Waals surface area contributed by atoms with E-state index in [1.165, 1.54) is 25.0 Å². The van der Waals surface area contributed by atoms with Crippen LogP contribution >= 0.6 is 0 Å². The van der Waals surface area contributed by atoms with Crippen molar-refractivity contribution in [3.8, 4) is 0 Å². The van der Waals surface area contributed by atoms with E-state index in [4.69, 9.17) is 5.11 Å².